The molecule has 0 aliphatic rings. The lowest BCUT2D eigenvalue weighted by Crippen LogP contribution is -2.13. The van der Waals surface area contributed by atoms with Gasteiger partial charge < -0.3 is 20.1 Å². The van der Waals surface area contributed by atoms with E-state index in [2.05, 4.69) is 23.8 Å². The monoisotopic (exact) mass is 692 g/mol. The average Bonchev–Trinajstić information content (AvgIpc) is 3.16. The fourth-order valence-electron chi connectivity index (χ4n) is 5.26. The van der Waals surface area contributed by atoms with Crippen LogP contribution >= 0.6 is 0 Å². The van der Waals surface area contributed by atoms with Crippen LogP contribution in [0.15, 0.2) is 169 Å². The van der Waals surface area contributed by atoms with E-state index in [1.165, 1.54) is 24.3 Å². The molecule has 51 heavy (non-hydrogen) atoms. The van der Waals surface area contributed by atoms with E-state index in [1.807, 2.05) is 12.1 Å². The lowest BCUT2D eigenvalue weighted by atomic mass is 10.1. The Morgan fingerprint density at radius 2 is 0.902 bits per heavy atom. The van der Waals surface area contributed by atoms with E-state index >= 15 is 0 Å². The minimum Gasteiger partial charge on any atom is -0.455 e. The van der Waals surface area contributed by atoms with Crippen LogP contribution in [0, 0.1) is 0 Å². The summed E-state index contributed by atoms with van der Waals surface area (Å²) in [6.45, 7) is 7.56. The summed E-state index contributed by atoms with van der Waals surface area (Å²) in [5, 5.41) is 5.75. The Bertz CT molecular complexity index is 2230. The number of carbonyl (C=O) groups is 2. The van der Waals surface area contributed by atoms with Gasteiger partial charge in [0, 0.05) is 11.1 Å². The van der Waals surface area contributed by atoms with Gasteiger partial charge in [-0.2, -0.15) is 0 Å². The molecule has 0 aromatic heterocycles. The van der Waals surface area contributed by atoms with Gasteiger partial charge in [-0.1, -0.05) is 98.1 Å². The number of para-hydroxylation sites is 4. The van der Waals surface area contributed by atoms with Gasteiger partial charge >= 0.3 is 0 Å². The standard InChI is InChI=1S/C42H32N2O6S/c1-3-29-15-5-7-21-35(29)41(45)43-37-23-9-11-25-39(37)49-31-17-13-19-33(27-31)51(47,48)34-20-14-18-32(28-34)50-40-26-12-10-24-38(40)44-42(46)36-22-8-6-16-30(36)4-2/h3-28H,1-2H2,(H,43,45)(H,44,46). The highest BCUT2D eigenvalue weighted by Gasteiger charge is 2.21. The molecule has 6 rings (SSSR count). The second kappa shape index (κ2) is 15.2. The van der Waals surface area contributed by atoms with Gasteiger partial charge in [-0.05, 0) is 83.9 Å². The van der Waals surface area contributed by atoms with Crippen molar-refractivity contribution >= 4 is 45.2 Å². The van der Waals surface area contributed by atoms with Crippen molar-refractivity contribution in [1.29, 1.82) is 0 Å². The van der Waals surface area contributed by atoms with E-state index in [0.717, 1.165) is 0 Å². The summed E-state index contributed by atoms with van der Waals surface area (Å²) in [7, 11) is -4.03. The van der Waals surface area contributed by atoms with Crippen molar-refractivity contribution in [3.63, 3.8) is 0 Å². The summed E-state index contributed by atoms with van der Waals surface area (Å²) in [5.74, 6) is 0.459. The highest BCUT2D eigenvalue weighted by molar-refractivity contribution is 7.91. The van der Waals surface area contributed by atoms with Gasteiger partial charge in [0.2, 0.25) is 9.84 Å². The number of sulfone groups is 1. The SMILES string of the molecule is C=Cc1ccccc1C(=O)Nc1ccccc1Oc1cccc(S(=O)(=O)c2cccc(Oc3ccccc3NC(=O)c3ccccc3C=C)c2)c1. The maximum atomic E-state index is 13.9. The van der Waals surface area contributed by atoms with Crippen LogP contribution in [0.3, 0.4) is 0 Å². The fraction of sp³-hybridized carbons (Fsp3) is 0. The van der Waals surface area contributed by atoms with Crippen molar-refractivity contribution in [1.82, 2.24) is 0 Å². The molecule has 0 saturated carbocycles. The number of nitrogens with one attached hydrogen (secondary N) is 2. The predicted molar refractivity (Wildman–Crippen MR) is 200 cm³/mol. The number of carbonyl (C=O) groups excluding carboxylic acids is 2. The molecule has 0 spiro atoms. The number of anilines is 2. The Hall–Kier alpha value is -6.71. The van der Waals surface area contributed by atoms with Crippen LogP contribution < -0.4 is 20.1 Å². The summed E-state index contributed by atoms with van der Waals surface area (Å²) in [6, 6.07) is 40.1. The van der Waals surface area contributed by atoms with Gasteiger partial charge in [0.15, 0.2) is 11.5 Å². The zero-order valence-corrected chi connectivity index (χ0v) is 28.1. The molecule has 0 unspecified atom stereocenters. The van der Waals surface area contributed by atoms with Crippen LogP contribution in [0.1, 0.15) is 31.8 Å². The summed E-state index contributed by atoms with van der Waals surface area (Å²) >= 11 is 0. The predicted octanol–water partition coefficient (Wildman–Crippen LogP) is 9.89. The van der Waals surface area contributed by atoms with E-state index in [0.29, 0.717) is 45.1 Å². The van der Waals surface area contributed by atoms with Crippen LogP contribution in [0.25, 0.3) is 12.2 Å². The van der Waals surface area contributed by atoms with Gasteiger partial charge in [-0.25, -0.2) is 8.42 Å². The minimum absolute atomic E-state index is 0.00729. The molecule has 9 heteroatoms. The van der Waals surface area contributed by atoms with E-state index < -0.39 is 9.84 Å². The zero-order valence-electron chi connectivity index (χ0n) is 27.3. The summed E-state index contributed by atoms with van der Waals surface area (Å²) in [5.41, 5.74) is 3.07. The van der Waals surface area contributed by atoms with E-state index in [4.69, 9.17) is 9.47 Å². The molecule has 0 aliphatic carbocycles. The summed E-state index contributed by atoms with van der Waals surface area (Å²) in [6.07, 6.45) is 3.21. The molecule has 0 fully saturated rings. The molecule has 0 atom stereocenters. The lowest BCUT2D eigenvalue weighted by molar-refractivity contribution is 0.101. The Balaban J connectivity index is 1.21. The van der Waals surface area contributed by atoms with Crippen LogP contribution in [-0.2, 0) is 9.84 Å². The molecule has 6 aromatic rings. The fourth-order valence-corrected chi connectivity index (χ4v) is 6.59. The number of hydrogen-bond donors (Lipinski definition) is 2. The third kappa shape index (κ3) is 7.80. The number of ether oxygens (including phenoxy) is 2. The molecule has 252 valence electrons. The van der Waals surface area contributed by atoms with Crippen LogP contribution in [0.2, 0.25) is 0 Å². The zero-order chi connectivity index (χ0) is 35.8. The summed E-state index contributed by atoms with van der Waals surface area (Å²) < 4.78 is 39.9. The van der Waals surface area contributed by atoms with Gasteiger partial charge in [-0.15, -0.1) is 0 Å². The normalized spacial score (nSPS) is 10.8. The van der Waals surface area contributed by atoms with Crippen molar-refractivity contribution in [2.75, 3.05) is 10.6 Å². The maximum absolute atomic E-state index is 13.9. The first-order chi connectivity index (χ1) is 24.8. The van der Waals surface area contributed by atoms with Crippen LogP contribution in [-0.4, -0.2) is 20.2 Å². The molecular weight excluding hydrogens is 661 g/mol. The Kier molecular flexibility index (Phi) is 10.2. The lowest BCUT2D eigenvalue weighted by Gasteiger charge is -2.15. The quantitative estimate of drug-likeness (QED) is 0.132. The van der Waals surface area contributed by atoms with Crippen LogP contribution in [0.5, 0.6) is 23.0 Å². The first-order valence-electron chi connectivity index (χ1n) is 15.8. The number of benzene rings is 6. The minimum atomic E-state index is -4.03. The molecule has 0 radical (unpaired) electrons. The maximum Gasteiger partial charge on any atom is 0.256 e. The van der Waals surface area contributed by atoms with Gasteiger partial charge in [-0.3, -0.25) is 9.59 Å². The van der Waals surface area contributed by atoms with Crippen molar-refractivity contribution in [2.24, 2.45) is 0 Å². The molecule has 0 bridgehead atoms. The highest BCUT2D eigenvalue weighted by atomic mass is 32.2. The molecule has 0 aliphatic heterocycles. The van der Waals surface area contributed by atoms with E-state index in [9.17, 15) is 18.0 Å². The van der Waals surface area contributed by atoms with Crippen molar-refractivity contribution in [2.45, 2.75) is 9.79 Å². The summed E-state index contributed by atoms with van der Waals surface area (Å²) in [4.78, 5) is 26.2. The topological polar surface area (TPSA) is 111 Å². The molecule has 6 aromatic carbocycles. The first-order valence-corrected chi connectivity index (χ1v) is 17.3. The smallest absolute Gasteiger partial charge is 0.256 e. The van der Waals surface area contributed by atoms with Gasteiger partial charge in [0.25, 0.3) is 11.8 Å². The third-order valence-corrected chi connectivity index (χ3v) is 9.56. The van der Waals surface area contributed by atoms with E-state index in [1.54, 1.807) is 121 Å². The second-order valence-electron chi connectivity index (χ2n) is 11.1. The molecular formula is C42H32N2O6S. The van der Waals surface area contributed by atoms with Gasteiger partial charge in [0.1, 0.15) is 11.5 Å². The van der Waals surface area contributed by atoms with Crippen LogP contribution in [0.4, 0.5) is 11.4 Å². The molecule has 8 nitrogen and oxygen atoms in total. The third-order valence-electron chi connectivity index (χ3n) is 7.81. The van der Waals surface area contributed by atoms with Gasteiger partial charge in [0.05, 0.1) is 21.2 Å². The largest absolute Gasteiger partial charge is 0.455 e. The number of rotatable bonds is 12. The number of hydrogen-bond acceptors (Lipinski definition) is 6. The highest BCUT2D eigenvalue weighted by Crippen LogP contribution is 2.35. The van der Waals surface area contributed by atoms with E-state index in [-0.39, 0.29) is 33.1 Å². The Morgan fingerprint density at radius 3 is 1.33 bits per heavy atom. The molecule has 2 amide bonds. The average molecular weight is 693 g/mol. The van der Waals surface area contributed by atoms with Crippen molar-refractivity contribution in [3.8, 4) is 23.0 Å². The number of amides is 2. The van der Waals surface area contributed by atoms with Crippen molar-refractivity contribution in [3.05, 3.63) is 181 Å². The first kappa shape index (κ1) is 34.2. The Labute approximate surface area is 296 Å². The Morgan fingerprint density at radius 1 is 0.510 bits per heavy atom. The molecule has 0 heterocycles. The molecule has 0 saturated heterocycles. The second-order valence-corrected chi connectivity index (χ2v) is 13.1. The van der Waals surface area contributed by atoms with Crippen molar-refractivity contribution < 1.29 is 27.5 Å². The molecule has 2 N–H and O–H groups in total.